The molecule has 2 saturated heterocycles. The SMILES string of the molecule is NC(CO)CN1C2COCC1COC2. The van der Waals surface area contributed by atoms with Gasteiger partial charge in [-0.2, -0.15) is 0 Å². The fraction of sp³-hybridized carbons (Fsp3) is 1.00. The van der Waals surface area contributed by atoms with E-state index in [4.69, 9.17) is 20.3 Å². The van der Waals surface area contributed by atoms with E-state index in [1.165, 1.54) is 0 Å². The van der Waals surface area contributed by atoms with Crippen LogP contribution in [0.2, 0.25) is 0 Å². The molecule has 2 bridgehead atoms. The Labute approximate surface area is 83.8 Å². The minimum Gasteiger partial charge on any atom is -0.395 e. The van der Waals surface area contributed by atoms with Crippen molar-refractivity contribution in [2.45, 2.75) is 18.1 Å². The second-order valence-corrected chi connectivity index (χ2v) is 4.02. The zero-order valence-corrected chi connectivity index (χ0v) is 8.26. The lowest BCUT2D eigenvalue weighted by atomic mass is 10.1. The van der Waals surface area contributed by atoms with E-state index in [-0.39, 0.29) is 12.6 Å². The normalized spacial score (nSPS) is 35.6. The number of morpholine rings is 2. The van der Waals surface area contributed by atoms with Crippen molar-refractivity contribution in [3.63, 3.8) is 0 Å². The van der Waals surface area contributed by atoms with Gasteiger partial charge in [-0.05, 0) is 0 Å². The highest BCUT2D eigenvalue weighted by molar-refractivity contribution is 4.88. The summed E-state index contributed by atoms with van der Waals surface area (Å²) in [6.07, 6.45) is 0. The maximum Gasteiger partial charge on any atom is 0.0645 e. The molecule has 82 valence electrons. The predicted octanol–water partition coefficient (Wildman–Crippen LogP) is -1.59. The number of nitrogens with two attached hydrogens (primary N) is 1. The highest BCUT2D eigenvalue weighted by Crippen LogP contribution is 2.19. The minimum atomic E-state index is -0.156. The van der Waals surface area contributed by atoms with Crippen LogP contribution in [-0.2, 0) is 9.47 Å². The summed E-state index contributed by atoms with van der Waals surface area (Å²) in [4.78, 5) is 2.31. The Morgan fingerprint density at radius 2 is 1.71 bits per heavy atom. The zero-order valence-electron chi connectivity index (χ0n) is 8.26. The molecule has 2 heterocycles. The van der Waals surface area contributed by atoms with Gasteiger partial charge in [0.1, 0.15) is 0 Å². The van der Waals surface area contributed by atoms with Gasteiger partial charge in [-0.15, -0.1) is 0 Å². The van der Waals surface area contributed by atoms with Gasteiger partial charge in [-0.25, -0.2) is 0 Å². The topological polar surface area (TPSA) is 68.0 Å². The van der Waals surface area contributed by atoms with Crippen molar-refractivity contribution < 1.29 is 14.6 Å². The first-order valence-electron chi connectivity index (χ1n) is 5.09. The van der Waals surface area contributed by atoms with Crippen molar-refractivity contribution in [1.29, 1.82) is 0 Å². The molecule has 0 aliphatic carbocycles. The predicted molar refractivity (Wildman–Crippen MR) is 51.0 cm³/mol. The van der Waals surface area contributed by atoms with Crippen molar-refractivity contribution in [3.05, 3.63) is 0 Å². The molecule has 3 N–H and O–H groups in total. The second-order valence-electron chi connectivity index (χ2n) is 4.02. The molecule has 1 atom stereocenters. The van der Waals surface area contributed by atoms with E-state index in [1.54, 1.807) is 0 Å². The molecule has 2 aliphatic rings. The number of hydrogen-bond acceptors (Lipinski definition) is 5. The molecule has 2 aliphatic heterocycles. The van der Waals surface area contributed by atoms with E-state index in [0.717, 1.165) is 6.54 Å². The van der Waals surface area contributed by atoms with Crippen LogP contribution in [0.5, 0.6) is 0 Å². The van der Waals surface area contributed by atoms with Gasteiger partial charge in [-0.1, -0.05) is 0 Å². The lowest BCUT2D eigenvalue weighted by Gasteiger charge is -2.46. The average Bonchev–Trinajstić information content (AvgIpc) is 2.17. The standard InChI is InChI=1S/C9H18N2O3/c10-7(2-12)1-11-8-3-13-5-9(11)6-14-4-8/h7-9,12H,1-6,10H2. The molecule has 5 heteroatoms. The first-order chi connectivity index (χ1) is 6.81. The van der Waals surface area contributed by atoms with Gasteiger partial charge in [0, 0.05) is 12.6 Å². The highest BCUT2D eigenvalue weighted by atomic mass is 16.5. The van der Waals surface area contributed by atoms with Gasteiger partial charge in [0.15, 0.2) is 0 Å². The van der Waals surface area contributed by atoms with Gasteiger partial charge in [0.05, 0.1) is 45.1 Å². The molecule has 0 spiro atoms. The van der Waals surface area contributed by atoms with E-state index in [1.807, 2.05) is 0 Å². The Bertz CT molecular complexity index is 169. The van der Waals surface area contributed by atoms with Crippen LogP contribution in [0.4, 0.5) is 0 Å². The van der Waals surface area contributed by atoms with E-state index in [0.29, 0.717) is 38.5 Å². The van der Waals surface area contributed by atoms with Crippen LogP contribution in [0.15, 0.2) is 0 Å². The van der Waals surface area contributed by atoms with Crippen molar-refractivity contribution >= 4 is 0 Å². The van der Waals surface area contributed by atoms with Crippen molar-refractivity contribution in [1.82, 2.24) is 4.90 Å². The number of hydrogen-bond donors (Lipinski definition) is 2. The molecule has 5 nitrogen and oxygen atoms in total. The summed E-state index contributed by atoms with van der Waals surface area (Å²) in [5.41, 5.74) is 5.73. The molecule has 0 aromatic heterocycles. The Hall–Kier alpha value is -0.200. The number of rotatable bonds is 3. The molecule has 0 aromatic carbocycles. The van der Waals surface area contributed by atoms with Gasteiger partial charge < -0.3 is 20.3 Å². The van der Waals surface area contributed by atoms with Crippen LogP contribution in [0, 0.1) is 0 Å². The third-order valence-electron chi connectivity index (χ3n) is 2.86. The highest BCUT2D eigenvalue weighted by Gasteiger charge is 2.35. The van der Waals surface area contributed by atoms with Crippen LogP contribution in [0.1, 0.15) is 0 Å². The van der Waals surface area contributed by atoms with E-state index >= 15 is 0 Å². The van der Waals surface area contributed by atoms with Gasteiger partial charge >= 0.3 is 0 Å². The minimum absolute atomic E-state index is 0.0393. The van der Waals surface area contributed by atoms with Gasteiger partial charge in [-0.3, -0.25) is 4.90 Å². The van der Waals surface area contributed by atoms with Crippen molar-refractivity contribution in [2.75, 3.05) is 39.6 Å². The molecular weight excluding hydrogens is 184 g/mol. The third-order valence-corrected chi connectivity index (χ3v) is 2.86. The first-order valence-corrected chi connectivity index (χ1v) is 5.09. The van der Waals surface area contributed by atoms with Crippen molar-refractivity contribution in [2.24, 2.45) is 5.73 Å². The number of fused-ring (bicyclic) bond motifs is 2. The number of nitrogens with zero attached hydrogens (tertiary/aromatic N) is 1. The third kappa shape index (κ3) is 2.07. The van der Waals surface area contributed by atoms with Gasteiger partial charge in [0.25, 0.3) is 0 Å². The summed E-state index contributed by atoms with van der Waals surface area (Å²) in [5, 5.41) is 8.91. The lowest BCUT2D eigenvalue weighted by molar-refractivity contribution is -0.139. The lowest BCUT2D eigenvalue weighted by Crippen LogP contribution is -2.62. The summed E-state index contributed by atoms with van der Waals surface area (Å²) in [5.74, 6) is 0. The van der Waals surface area contributed by atoms with Crippen LogP contribution >= 0.6 is 0 Å². The number of aliphatic hydroxyl groups excluding tert-OH is 1. The van der Waals surface area contributed by atoms with Crippen LogP contribution in [0.3, 0.4) is 0 Å². The van der Waals surface area contributed by atoms with Crippen LogP contribution in [-0.4, -0.2) is 67.7 Å². The number of ether oxygens (including phenoxy) is 2. The Kier molecular flexibility index (Phi) is 3.35. The quantitative estimate of drug-likeness (QED) is 0.577. The summed E-state index contributed by atoms with van der Waals surface area (Å²) < 4.78 is 10.9. The molecule has 0 radical (unpaired) electrons. The molecule has 1 unspecified atom stereocenters. The first kappa shape index (κ1) is 10.3. The summed E-state index contributed by atoms with van der Waals surface area (Å²) >= 11 is 0. The number of aliphatic hydroxyl groups is 1. The molecule has 2 fully saturated rings. The second kappa shape index (κ2) is 4.55. The monoisotopic (exact) mass is 202 g/mol. The zero-order chi connectivity index (χ0) is 9.97. The molecule has 0 saturated carbocycles. The van der Waals surface area contributed by atoms with Gasteiger partial charge in [0.2, 0.25) is 0 Å². The maximum absolute atomic E-state index is 8.91. The molecule has 0 amide bonds. The summed E-state index contributed by atoms with van der Waals surface area (Å²) in [6, 6.07) is 0.483. The molecule has 14 heavy (non-hydrogen) atoms. The maximum atomic E-state index is 8.91. The van der Waals surface area contributed by atoms with E-state index in [9.17, 15) is 0 Å². The Morgan fingerprint density at radius 1 is 1.21 bits per heavy atom. The summed E-state index contributed by atoms with van der Waals surface area (Å²) in [7, 11) is 0. The molecule has 0 aromatic rings. The average molecular weight is 202 g/mol. The molecular formula is C9H18N2O3. The van der Waals surface area contributed by atoms with E-state index < -0.39 is 0 Å². The van der Waals surface area contributed by atoms with E-state index in [2.05, 4.69) is 4.90 Å². The summed E-state index contributed by atoms with van der Waals surface area (Å²) in [6.45, 7) is 3.64. The molecule has 2 rings (SSSR count). The Morgan fingerprint density at radius 3 is 2.14 bits per heavy atom. The van der Waals surface area contributed by atoms with Crippen LogP contribution in [0.25, 0.3) is 0 Å². The van der Waals surface area contributed by atoms with Crippen molar-refractivity contribution in [3.8, 4) is 0 Å². The fourth-order valence-electron chi connectivity index (χ4n) is 2.08. The Balaban J connectivity index is 1.94. The largest absolute Gasteiger partial charge is 0.395 e. The fourth-order valence-corrected chi connectivity index (χ4v) is 2.08. The smallest absolute Gasteiger partial charge is 0.0645 e. The van der Waals surface area contributed by atoms with Crippen LogP contribution < -0.4 is 5.73 Å².